The van der Waals surface area contributed by atoms with Gasteiger partial charge >= 0.3 is 7.60 Å². The Balaban J connectivity index is 3.04. The predicted octanol–water partition coefficient (Wildman–Crippen LogP) is 0.551. The highest BCUT2D eigenvalue weighted by atomic mass is 32.1. The Kier molecular flexibility index (Phi) is 1.73. The van der Waals surface area contributed by atoms with Crippen LogP contribution in [-0.2, 0) is 4.57 Å². The molecule has 0 unspecified atom stereocenters. The minimum atomic E-state index is -3.95. The third kappa shape index (κ3) is 1.63. The first kappa shape index (κ1) is 6.96. The molecule has 0 spiro atoms. The molecule has 0 atom stereocenters. The summed E-state index contributed by atoms with van der Waals surface area (Å²) in [6.45, 7) is 0. The van der Waals surface area contributed by atoms with E-state index in [9.17, 15) is 4.57 Å². The zero-order valence-corrected chi connectivity index (χ0v) is 6.10. The molecule has 0 aliphatic carbocycles. The topological polar surface area (TPSA) is 57.5 Å². The molecule has 5 heteroatoms. The third-order valence-corrected chi connectivity index (χ3v) is 3.22. The second kappa shape index (κ2) is 2.23. The summed E-state index contributed by atoms with van der Waals surface area (Å²) < 4.78 is 10.5. The summed E-state index contributed by atoms with van der Waals surface area (Å²) in [4.78, 5) is 17.0. The van der Waals surface area contributed by atoms with E-state index in [1.54, 1.807) is 11.4 Å². The van der Waals surface area contributed by atoms with E-state index in [-0.39, 0.29) is 4.62 Å². The van der Waals surface area contributed by atoms with Crippen LogP contribution in [0.5, 0.6) is 0 Å². The molecule has 0 saturated carbocycles. The summed E-state index contributed by atoms with van der Waals surface area (Å²) in [7, 11) is -3.95. The van der Waals surface area contributed by atoms with Crippen molar-refractivity contribution in [3.05, 3.63) is 17.5 Å². The van der Waals surface area contributed by atoms with Gasteiger partial charge < -0.3 is 9.79 Å². The molecule has 0 aliphatic rings. The highest BCUT2D eigenvalue weighted by Crippen LogP contribution is 2.34. The van der Waals surface area contributed by atoms with Gasteiger partial charge in [0.05, 0.1) is 0 Å². The van der Waals surface area contributed by atoms with Crippen molar-refractivity contribution in [2.75, 3.05) is 0 Å². The van der Waals surface area contributed by atoms with Gasteiger partial charge in [0.2, 0.25) is 0 Å². The van der Waals surface area contributed by atoms with E-state index in [2.05, 4.69) is 0 Å². The molecule has 1 rings (SSSR count). The monoisotopic (exact) mass is 164 g/mol. The van der Waals surface area contributed by atoms with Crippen molar-refractivity contribution in [2.45, 2.75) is 0 Å². The maximum atomic E-state index is 10.4. The van der Waals surface area contributed by atoms with Crippen molar-refractivity contribution >= 4 is 23.6 Å². The van der Waals surface area contributed by atoms with Crippen LogP contribution in [0.25, 0.3) is 0 Å². The summed E-state index contributed by atoms with van der Waals surface area (Å²) in [6, 6.07) is 3.03. The number of thiophene rings is 1. The van der Waals surface area contributed by atoms with Crippen LogP contribution < -0.4 is 4.62 Å². The highest BCUT2D eigenvalue weighted by molar-refractivity contribution is 7.67. The van der Waals surface area contributed by atoms with Crippen LogP contribution in [0.15, 0.2) is 17.5 Å². The van der Waals surface area contributed by atoms with Gasteiger partial charge in [-0.3, -0.25) is 4.57 Å². The van der Waals surface area contributed by atoms with Gasteiger partial charge in [-0.1, -0.05) is 6.07 Å². The Morgan fingerprint density at radius 1 is 1.56 bits per heavy atom. The highest BCUT2D eigenvalue weighted by Gasteiger charge is 2.16. The molecule has 0 aromatic carbocycles. The molecule has 0 aliphatic heterocycles. The fourth-order valence-electron chi connectivity index (χ4n) is 0.436. The smallest absolute Gasteiger partial charge is 0.320 e. The van der Waals surface area contributed by atoms with Crippen molar-refractivity contribution in [1.29, 1.82) is 0 Å². The second-order valence-corrected chi connectivity index (χ2v) is 4.32. The van der Waals surface area contributed by atoms with Crippen molar-refractivity contribution in [2.24, 2.45) is 0 Å². The average Bonchev–Trinajstić information content (AvgIpc) is 2.08. The summed E-state index contributed by atoms with van der Waals surface area (Å²) in [5.74, 6) is 0. The fourth-order valence-corrected chi connectivity index (χ4v) is 1.90. The molecule has 0 bridgehead atoms. The van der Waals surface area contributed by atoms with Gasteiger partial charge in [0.25, 0.3) is 0 Å². The second-order valence-electron chi connectivity index (χ2n) is 1.50. The van der Waals surface area contributed by atoms with E-state index >= 15 is 0 Å². The quantitative estimate of drug-likeness (QED) is 0.596. The Morgan fingerprint density at radius 2 is 2.22 bits per heavy atom. The van der Waals surface area contributed by atoms with E-state index in [0.29, 0.717) is 0 Å². The maximum absolute atomic E-state index is 10.4. The Morgan fingerprint density at radius 3 is 2.44 bits per heavy atom. The molecular formula is C4H5O3PS. The molecule has 0 amide bonds. The summed E-state index contributed by atoms with van der Waals surface area (Å²) >= 11 is 1.07. The van der Waals surface area contributed by atoms with E-state index in [4.69, 9.17) is 9.79 Å². The lowest BCUT2D eigenvalue weighted by molar-refractivity contribution is 0.388. The van der Waals surface area contributed by atoms with Gasteiger partial charge in [-0.05, 0) is 11.4 Å². The zero-order valence-electron chi connectivity index (χ0n) is 4.39. The predicted molar refractivity (Wildman–Crippen MR) is 36.0 cm³/mol. The molecule has 1 aromatic rings. The first-order chi connectivity index (χ1) is 4.11. The molecule has 50 valence electrons. The number of hydrogen-bond acceptors (Lipinski definition) is 2. The molecule has 2 N–H and O–H groups in total. The molecule has 1 aromatic heterocycles. The van der Waals surface area contributed by atoms with Crippen molar-refractivity contribution < 1.29 is 14.4 Å². The van der Waals surface area contributed by atoms with Crippen LogP contribution >= 0.6 is 18.9 Å². The van der Waals surface area contributed by atoms with Gasteiger partial charge in [-0.25, -0.2) is 0 Å². The first-order valence-corrected chi connectivity index (χ1v) is 4.69. The maximum Gasteiger partial charge on any atom is 0.366 e. The van der Waals surface area contributed by atoms with Crippen LogP contribution in [0.1, 0.15) is 0 Å². The SMILES string of the molecule is O=P(O)(O)c1cccs1. The summed E-state index contributed by atoms with van der Waals surface area (Å²) in [5.41, 5.74) is 0. The summed E-state index contributed by atoms with van der Waals surface area (Å²) in [6.07, 6.45) is 0. The Bertz CT molecular complexity index is 224. The fraction of sp³-hybridized carbons (Fsp3) is 0. The molecule has 0 radical (unpaired) electrons. The lowest BCUT2D eigenvalue weighted by Gasteiger charge is -1.95. The molecule has 3 nitrogen and oxygen atoms in total. The normalized spacial score (nSPS) is 11.8. The summed E-state index contributed by atoms with van der Waals surface area (Å²) in [5, 5.41) is 1.63. The van der Waals surface area contributed by atoms with Gasteiger partial charge in [-0.15, -0.1) is 11.3 Å². The van der Waals surface area contributed by atoms with E-state index in [0.717, 1.165) is 11.3 Å². The molecule has 1 heterocycles. The van der Waals surface area contributed by atoms with Crippen LogP contribution in [0.3, 0.4) is 0 Å². The minimum Gasteiger partial charge on any atom is -0.320 e. The van der Waals surface area contributed by atoms with Gasteiger partial charge in [-0.2, -0.15) is 0 Å². The minimum absolute atomic E-state index is 0.127. The molecular weight excluding hydrogens is 159 g/mol. The van der Waals surface area contributed by atoms with Crippen LogP contribution in [0.2, 0.25) is 0 Å². The zero-order chi connectivity index (χ0) is 6.91. The lowest BCUT2D eigenvalue weighted by Crippen LogP contribution is -1.94. The van der Waals surface area contributed by atoms with E-state index < -0.39 is 7.60 Å². The molecule has 0 saturated heterocycles. The van der Waals surface area contributed by atoms with Crippen LogP contribution in [-0.4, -0.2) is 9.79 Å². The first-order valence-electron chi connectivity index (χ1n) is 2.20. The number of rotatable bonds is 1. The standard InChI is InChI=1S/C4H5O3PS/c5-8(6,7)4-2-1-3-9-4/h1-3H,(H2,5,6,7). The molecule has 0 fully saturated rings. The van der Waals surface area contributed by atoms with Gasteiger partial charge in [0.1, 0.15) is 4.62 Å². The number of hydrogen-bond donors (Lipinski definition) is 2. The largest absolute Gasteiger partial charge is 0.366 e. The van der Waals surface area contributed by atoms with Gasteiger partial charge in [0.15, 0.2) is 0 Å². The van der Waals surface area contributed by atoms with E-state index in [1.165, 1.54) is 6.07 Å². The van der Waals surface area contributed by atoms with Crippen molar-refractivity contribution in [1.82, 2.24) is 0 Å². The van der Waals surface area contributed by atoms with Gasteiger partial charge in [0, 0.05) is 0 Å². The van der Waals surface area contributed by atoms with Crippen LogP contribution in [0.4, 0.5) is 0 Å². The van der Waals surface area contributed by atoms with E-state index in [1.807, 2.05) is 0 Å². The lowest BCUT2D eigenvalue weighted by atomic mass is 10.7. The van der Waals surface area contributed by atoms with Crippen LogP contribution in [0, 0.1) is 0 Å². The average molecular weight is 164 g/mol. The molecule has 9 heavy (non-hydrogen) atoms. The third-order valence-electron chi connectivity index (χ3n) is 0.793. The van der Waals surface area contributed by atoms with Crippen molar-refractivity contribution in [3.63, 3.8) is 0 Å². The Labute approximate surface area is 56.1 Å². The van der Waals surface area contributed by atoms with Crippen molar-refractivity contribution in [3.8, 4) is 0 Å². The Hall–Kier alpha value is -0.150.